The zero-order valence-corrected chi connectivity index (χ0v) is 15.7. The Labute approximate surface area is 148 Å². The maximum absolute atomic E-state index is 5.66. The molecule has 2 rings (SSSR count). The van der Waals surface area contributed by atoms with Crippen molar-refractivity contribution < 1.29 is 4.74 Å². The van der Waals surface area contributed by atoms with E-state index in [0.717, 1.165) is 34.5 Å². The molecule has 0 saturated carbocycles. The summed E-state index contributed by atoms with van der Waals surface area (Å²) in [6.45, 7) is 10.9. The molecule has 2 aromatic rings. The van der Waals surface area contributed by atoms with Crippen LogP contribution in [0.2, 0.25) is 0 Å². The molecule has 2 N–H and O–H groups in total. The lowest BCUT2D eigenvalue weighted by Crippen LogP contribution is -2.36. The van der Waals surface area contributed by atoms with Crippen molar-refractivity contribution in [2.24, 2.45) is 4.99 Å². The van der Waals surface area contributed by atoms with Crippen LogP contribution in [0.15, 0.2) is 29.3 Å². The highest BCUT2D eigenvalue weighted by Gasteiger charge is 2.06. The number of para-hydroxylation sites is 1. The molecule has 0 fully saturated rings. The molecule has 0 unspecified atom stereocenters. The predicted molar refractivity (Wildman–Crippen MR) is 101 cm³/mol. The maximum Gasteiger partial charge on any atom is 0.191 e. The number of rotatable bonds is 7. The third-order valence-corrected chi connectivity index (χ3v) is 4.58. The average molecular weight is 347 g/mol. The van der Waals surface area contributed by atoms with E-state index in [0.29, 0.717) is 19.7 Å². The van der Waals surface area contributed by atoms with E-state index in [-0.39, 0.29) is 0 Å². The minimum atomic E-state index is 0.571. The average Bonchev–Trinajstić information content (AvgIpc) is 2.90. The molecule has 0 aliphatic rings. The number of nitrogens with one attached hydrogen (secondary N) is 2. The second-order valence-electron chi connectivity index (χ2n) is 5.34. The van der Waals surface area contributed by atoms with Gasteiger partial charge in [-0.1, -0.05) is 18.2 Å². The second kappa shape index (κ2) is 9.27. The van der Waals surface area contributed by atoms with Gasteiger partial charge in [0.1, 0.15) is 10.8 Å². The summed E-state index contributed by atoms with van der Waals surface area (Å²) in [6, 6.07) is 8.02. The molecule has 1 aromatic heterocycles. The Bertz CT molecular complexity index is 662. The van der Waals surface area contributed by atoms with Gasteiger partial charge in [0.25, 0.3) is 0 Å². The molecule has 1 aromatic carbocycles. The van der Waals surface area contributed by atoms with Gasteiger partial charge in [-0.05, 0) is 33.8 Å². The third kappa shape index (κ3) is 5.23. The zero-order chi connectivity index (χ0) is 17.4. The number of hydrogen-bond donors (Lipinski definition) is 2. The fourth-order valence-corrected chi connectivity index (χ4v) is 3.08. The molecular formula is C18H26N4OS. The van der Waals surface area contributed by atoms with Crippen LogP contribution in [-0.2, 0) is 13.1 Å². The molecular weight excluding hydrogens is 320 g/mol. The summed E-state index contributed by atoms with van der Waals surface area (Å²) < 4.78 is 5.66. The fourth-order valence-electron chi connectivity index (χ4n) is 2.21. The number of guanidine groups is 1. The first-order valence-electron chi connectivity index (χ1n) is 8.29. The smallest absolute Gasteiger partial charge is 0.191 e. The third-order valence-electron chi connectivity index (χ3n) is 3.50. The van der Waals surface area contributed by atoms with Crippen molar-refractivity contribution in [3.05, 3.63) is 45.4 Å². The number of ether oxygens (including phenoxy) is 1. The predicted octanol–water partition coefficient (Wildman–Crippen LogP) is 3.41. The number of nitrogens with zero attached hydrogens (tertiary/aromatic N) is 2. The van der Waals surface area contributed by atoms with Crippen LogP contribution >= 0.6 is 11.3 Å². The van der Waals surface area contributed by atoms with E-state index in [4.69, 9.17) is 4.74 Å². The van der Waals surface area contributed by atoms with Gasteiger partial charge in [-0.25, -0.2) is 9.98 Å². The topological polar surface area (TPSA) is 58.5 Å². The summed E-state index contributed by atoms with van der Waals surface area (Å²) >= 11 is 1.72. The lowest BCUT2D eigenvalue weighted by atomic mass is 10.2. The van der Waals surface area contributed by atoms with Gasteiger partial charge >= 0.3 is 0 Å². The number of aromatic nitrogens is 1. The first-order chi connectivity index (χ1) is 11.6. The van der Waals surface area contributed by atoms with Gasteiger partial charge < -0.3 is 15.4 Å². The van der Waals surface area contributed by atoms with Gasteiger partial charge in [-0.15, -0.1) is 11.3 Å². The molecule has 6 heteroatoms. The Morgan fingerprint density at radius 3 is 2.67 bits per heavy atom. The molecule has 0 aliphatic heterocycles. The van der Waals surface area contributed by atoms with Crippen LogP contribution in [-0.4, -0.2) is 24.1 Å². The van der Waals surface area contributed by atoms with Crippen LogP contribution < -0.4 is 15.4 Å². The van der Waals surface area contributed by atoms with Crippen molar-refractivity contribution in [3.8, 4) is 5.75 Å². The van der Waals surface area contributed by atoms with E-state index in [1.807, 2.05) is 38.1 Å². The monoisotopic (exact) mass is 346 g/mol. The first-order valence-corrected chi connectivity index (χ1v) is 9.11. The highest BCUT2D eigenvalue weighted by Crippen LogP contribution is 2.19. The molecule has 0 bridgehead atoms. The van der Waals surface area contributed by atoms with Gasteiger partial charge in [0.2, 0.25) is 0 Å². The lowest BCUT2D eigenvalue weighted by Gasteiger charge is -2.11. The van der Waals surface area contributed by atoms with E-state index in [9.17, 15) is 0 Å². The van der Waals surface area contributed by atoms with Crippen molar-refractivity contribution in [3.63, 3.8) is 0 Å². The number of aliphatic imine (C=N–C) groups is 1. The van der Waals surface area contributed by atoms with Gasteiger partial charge in [-0.3, -0.25) is 0 Å². The molecule has 24 heavy (non-hydrogen) atoms. The SMILES string of the molecule is CCNC(=NCc1ccccc1OCC)NCc1nc(C)c(C)s1. The minimum absolute atomic E-state index is 0.571. The Kier molecular flexibility index (Phi) is 7.06. The van der Waals surface area contributed by atoms with Crippen LogP contribution in [0.4, 0.5) is 0 Å². The van der Waals surface area contributed by atoms with Gasteiger partial charge in [0.05, 0.1) is 25.4 Å². The summed E-state index contributed by atoms with van der Waals surface area (Å²) in [5, 5.41) is 7.69. The standard InChI is InChI=1S/C18H26N4OS/c1-5-19-18(21-12-17-22-13(3)14(4)24-17)20-11-15-9-7-8-10-16(15)23-6-2/h7-10H,5-6,11-12H2,1-4H3,(H2,19,20,21). The first kappa shape index (κ1) is 18.3. The lowest BCUT2D eigenvalue weighted by molar-refractivity contribution is 0.336. The Hall–Kier alpha value is -2.08. The fraction of sp³-hybridized carbons (Fsp3) is 0.444. The van der Waals surface area contributed by atoms with Crippen molar-refractivity contribution in [2.45, 2.75) is 40.8 Å². The van der Waals surface area contributed by atoms with E-state index in [1.54, 1.807) is 11.3 Å². The van der Waals surface area contributed by atoms with Crippen molar-refractivity contribution in [1.82, 2.24) is 15.6 Å². The Morgan fingerprint density at radius 1 is 1.21 bits per heavy atom. The normalized spacial score (nSPS) is 11.4. The van der Waals surface area contributed by atoms with Crippen LogP contribution in [0, 0.1) is 13.8 Å². The molecule has 0 radical (unpaired) electrons. The second-order valence-corrected chi connectivity index (χ2v) is 6.63. The van der Waals surface area contributed by atoms with Crippen LogP contribution in [0.25, 0.3) is 0 Å². The van der Waals surface area contributed by atoms with Crippen molar-refractivity contribution in [1.29, 1.82) is 0 Å². The van der Waals surface area contributed by atoms with Gasteiger partial charge in [0, 0.05) is 17.0 Å². The highest BCUT2D eigenvalue weighted by atomic mass is 32.1. The van der Waals surface area contributed by atoms with E-state index in [2.05, 4.69) is 34.5 Å². The molecule has 130 valence electrons. The maximum atomic E-state index is 5.66. The van der Waals surface area contributed by atoms with Gasteiger partial charge in [0.15, 0.2) is 5.96 Å². The molecule has 0 atom stereocenters. The molecule has 5 nitrogen and oxygen atoms in total. The van der Waals surface area contributed by atoms with E-state index >= 15 is 0 Å². The highest BCUT2D eigenvalue weighted by molar-refractivity contribution is 7.11. The Balaban J connectivity index is 2.02. The van der Waals surface area contributed by atoms with Crippen LogP contribution in [0.3, 0.4) is 0 Å². The number of hydrogen-bond acceptors (Lipinski definition) is 4. The zero-order valence-electron chi connectivity index (χ0n) is 14.8. The molecule has 1 heterocycles. The molecule has 0 spiro atoms. The summed E-state index contributed by atoms with van der Waals surface area (Å²) in [5.74, 6) is 1.68. The quantitative estimate of drug-likeness (QED) is 0.596. The number of aryl methyl sites for hydroxylation is 2. The minimum Gasteiger partial charge on any atom is -0.494 e. The summed E-state index contributed by atoms with van der Waals surface area (Å²) in [7, 11) is 0. The number of thiazole rings is 1. The molecule has 0 saturated heterocycles. The van der Waals surface area contributed by atoms with Crippen LogP contribution in [0.1, 0.15) is 35.0 Å². The van der Waals surface area contributed by atoms with Gasteiger partial charge in [-0.2, -0.15) is 0 Å². The van der Waals surface area contributed by atoms with Crippen LogP contribution in [0.5, 0.6) is 5.75 Å². The Morgan fingerprint density at radius 2 is 2.00 bits per heavy atom. The summed E-state index contributed by atoms with van der Waals surface area (Å²) in [6.07, 6.45) is 0. The van der Waals surface area contributed by atoms with E-state index < -0.39 is 0 Å². The molecule has 0 amide bonds. The molecule has 0 aliphatic carbocycles. The van der Waals surface area contributed by atoms with E-state index in [1.165, 1.54) is 4.88 Å². The van der Waals surface area contributed by atoms with Crippen molar-refractivity contribution >= 4 is 17.3 Å². The van der Waals surface area contributed by atoms with Crippen molar-refractivity contribution in [2.75, 3.05) is 13.2 Å². The number of benzene rings is 1. The summed E-state index contributed by atoms with van der Waals surface area (Å²) in [5.41, 5.74) is 2.18. The summed E-state index contributed by atoms with van der Waals surface area (Å²) in [4.78, 5) is 10.5. The largest absolute Gasteiger partial charge is 0.494 e.